The van der Waals surface area contributed by atoms with E-state index in [9.17, 15) is 29.4 Å². The van der Waals surface area contributed by atoms with E-state index in [1.807, 2.05) is 0 Å². The van der Waals surface area contributed by atoms with Gasteiger partial charge in [0.05, 0.1) is 54.5 Å². The lowest BCUT2D eigenvalue weighted by atomic mass is 9.98. The number of aliphatic hydroxyl groups is 2. The smallest absolute Gasteiger partial charge is 0.274 e. The summed E-state index contributed by atoms with van der Waals surface area (Å²) in [5.41, 5.74) is 1.88. The van der Waals surface area contributed by atoms with Gasteiger partial charge in [0.2, 0.25) is 0 Å². The SMILES string of the molecule is CNc1cc(Nc2cccn([C@@H]3CCC[C@@H]3O)c2=O)nc2c(C(=O)C[C@@H]3CC[C@@H](OC)C3)cnn12.CNc1cc(Nc2cccn([C@@H]3CCC[C@@H]3O)c2=O)nc2c(C(=O)N[C@H]3CC[C@H](OC)C3)cnn12. The fourth-order valence-electron chi connectivity index (χ4n) is 10.6. The molecule has 8 atom stereocenters. The molecule has 0 radical (unpaired) electrons. The van der Waals surface area contributed by atoms with E-state index in [2.05, 4.69) is 46.7 Å². The zero-order chi connectivity index (χ0) is 49.1. The first-order chi connectivity index (χ1) is 34.0. The molecule has 6 aromatic rings. The Labute approximate surface area is 404 Å². The lowest BCUT2D eigenvalue weighted by Crippen LogP contribution is -2.33. The summed E-state index contributed by atoms with van der Waals surface area (Å²) >= 11 is 0. The van der Waals surface area contributed by atoms with Gasteiger partial charge in [-0.2, -0.15) is 19.2 Å². The third-order valence-corrected chi connectivity index (χ3v) is 14.4. The van der Waals surface area contributed by atoms with Crippen LogP contribution in [0.1, 0.15) is 116 Å². The number of carbonyl (C=O) groups excluding carboxylic acids is 2. The van der Waals surface area contributed by atoms with Crippen LogP contribution in [0.25, 0.3) is 11.3 Å². The lowest BCUT2D eigenvalue weighted by molar-refractivity contribution is 0.0911. The first kappa shape index (κ1) is 48.3. The standard InChI is InChI=1S/C25H32N6O4.C24H31N7O4/c1-26-23-13-22(28-18-5-4-10-30(25(18)34)19-6-3-7-20(19)32)29-24-17(14-27-31(23)24)21(33)12-15-8-9-16(11-15)35-2;1-25-21-12-20(28-17-5-4-10-30(24(17)34)18-6-3-7-19(18)32)29-22-16(13-26-31(21)22)23(33)27-14-8-9-15(11-14)35-2/h4-5,10,13-16,19-20,26,32H,3,6-9,11-12H2,1-2H3,(H,28,29);4-5,10,12-15,18-19,25,32H,3,6-9,11H2,1-2H3,(H,27,33)(H,28,29)/t15-,16-,19-,20+;14-,15-,18+,19-/m10/s1. The summed E-state index contributed by atoms with van der Waals surface area (Å²) in [5.74, 6) is 2.13. The quantitative estimate of drug-likeness (QED) is 0.0652. The second-order valence-electron chi connectivity index (χ2n) is 18.8. The van der Waals surface area contributed by atoms with Crippen molar-refractivity contribution in [1.82, 2.24) is 43.6 Å². The number of ketones is 1. The fraction of sp³-hybridized carbons (Fsp3) is 0.510. The monoisotopic (exact) mass is 961 g/mol. The van der Waals surface area contributed by atoms with Crippen molar-refractivity contribution in [3.05, 3.63) is 93.0 Å². The number of aliphatic hydroxyl groups excluding tert-OH is 2. The predicted molar refractivity (Wildman–Crippen MR) is 264 cm³/mol. The van der Waals surface area contributed by atoms with E-state index in [0.717, 1.165) is 64.2 Å². The highest BCUT2D eigenvalue weighted by molar-refractivity contribution is 6.02. The summed E-state index contributed by atoms with van der Waals surface area (Å²) in [6.07, 6.45) is 16.4. The molecule has 0 spiro atoms. The van der Waals surface area contributed by atoms with E-state index in [1.165, 1.54) is 6.20 Å². The lowest BCUT2D eigenvalue weighted by Gasteiger charge is -2.19. The number of rotatable bonds is 15. The number of nitrogens with one attached hydrogen (secondary N) is 5. The minimum absolute atomic E-state index is 0.00532. The van der Waals surface area contributed by atoms with Gasteiger partial charge in [-0.05, 0) is 107 Å². The van der Waals surface area contributed by atoms with Crippen molar-refractivity contribution in [2.24, 2.45) is 5.92 Å². The normalized spacial score (nSPS) is 24.1. The second kappa shape index (κ2) is 21.1. The number of pyridine rings is 2. The number of carbonyl (C=O) groups is 2. The molecule has 6 heterocycles. The van der Waals surface area contributed by atoms with E-state index >= 15 is 0 Å². The molecule has 70 heavy (non-hydrogen) atoms. The van der Waals surface area contributed by atoms with Gasteiger partial charge in [-0.25, -0.2) is 9.97 Å². The van der Waals surface area contributed by atoms with E-state index in [1.54, 1.807) is 101 Å². The maximum absolute atomic E-state index is 13.2. The zero-order valence-corrected chi connectivity index (χ0v) is 40.0. The maximum atomic E-state index is 13.2. The minimum atomic E-state index is -0.528. The number of aromatic nitrogens is 8. The Morgan fingerprint density at radius 3 is 1.69 bits per heavy atom. The minimum Gasteiger partial charge on any atom is -0.391 e. The van der Waals surface area contributed by atoms with Gasteiger partial charge in [-0.3, -0.25) is 19.2 Å². The van der Waals surface area contributed by atoms with Gasteiger partial charge in [-0.15, -0.1) is 0 Å². The van der Waals surface area contributed by atoms with Crippen molar-refractivity contribution >= 4 is 57.6 Å². The van der Waals surface area contributed by atoms with Crippen molar-refractivity contribution in [2.75, 3.05) is 49.6 Å². The van der Waals surface area contributed by atoms with E-state index in [4.69, 9.17) is 9.47 Å². The topological polar surface area (TPSA) is 258 Å². The van der Waals surface area contributed by atoms with Gasteiger partial charge in [0.25, 0.3) is 17.0 Å². The largest absolute Gasteiger partial charge is 0.391 e. The summed E-state index contributed by atoms with van der Waals surface area (Å²) in [5, 5.41) is 44.7. The van der Waals surface area contributed by atoms with Gasteiger partial charge < -0.3 is 55.4 Å². The highest BCUT2D eigenvalue weighted by Gasteiger charge is 2.32. The molecule has 21 nitrogen and oxygen atoms in total. The summed E-state index contributed by atoms with van der Waals surface area (Å²) in [6, 6.07) is 10.0. The number of amides is 1. The predicted octanol–water partition coefficient (Wildman–Crippen LogP) is 5.21. The molecule has 4 aliphatic rings. The molecular formula is C49H63N13O8. The van der Waals surface area contributed by atoms with Crippen molar-refractivity contribution in [3.63, 3.8) is 0 Å². The van der Waals surface area contributed by atoms with Gasteiger partial charge in [0, 0.05) is 65.3 Å². The van der Waals surface area contributed by atoms with Crippen molar-refractivity contribution < 1.29 is 29.3 Å². The number of nitrogens with zero attached hydrogens (tertiary/aromatic N) is 8. The number of hydrogen-bond acceptors (Lipinski definition) is 16. The summed E-state index contributed by atoms with van der Waals surface area (Å²) in [6.45, 7) is 0. The van der Waals surface area contributed by atoms with E-state index < -0.39 is 12.2 Å². The zero-order valence-electron chi connectivity index (χ0n) is 40.0. The molecule has 6 aromatic heterocycles. The van der Waals surface area contributed by atoms with Crippen LogP contribution in [0.4, 0.5) is 34.6 Å². The summed E-state index contributed by atoms with van der Waals surface area (Å²) in [4.78, 5) is 61.8. The first-order valence-electron chi connectivity index (χ1n) is 24.3. The molecule has 0 aliphatic heterocycles. The Bertz CT molecular complexity index is 2770. The molecule has 372 valence electrons. The van der Waals surface area contributed by atoms with Crippen molar-refractivity contribution in [1.29, 1.82) is 0 Å². The van der Waals surface area contributed by atoms with Crippen LogP contribution in [0.5, 0.6) is 0 Å². The molecule has 10 rings (SSSR count). The van der Waals surface area contributed by atoms with Gasteiger partial charge in [0.1, 0.15) is 40.2 Å². The molecule has 4 saturated carbocycles. The van der Waals surface area contributed by atoms with Crippen LogP contribution >= 0.6 is 0 Å². The Morgan fingerprint density at radius 2 is 1.20 bits per heavy atom. The number of fused-ring (bicyclic) bond motifs is 2. The molecule has 0 bridgehead atoms. The van der Waals surface area contributed by atoms with Crippen LogP contribution < -0.4 is 37.7 Å². The molecule has 0 unspecified atom stereocenters. The number of Topliss-reactive ketones (excluding diaryl/α,β-unsaturated/α-hetero) is 1. The van der Waals surface area contributed by atoms with Crippen LogP contribution in [0.15, 0.2) is 70.8 Å². The molecule has 0 aromatic carbocycles. The summed E-state index contributed by atoms with van der Waals surface area (Å²) < 4.78 is 17.2. The summed E-state index contributed by atoms with van der Waals surface area (Å²) in [7, 11) is 6.92. The fourth-order valence-corrected chi connectivity index (χ4v) is 10.6. The number of hydrogen-bond donors (Lipinski definition) is 7. The highest BCUT2D eigenvalue weighted by Crippen LogP contribution is 2.33. The Hall–Kier alpha value is -6.68. The Balaban J connectivity index is 0.000000174. The third-order valence-electron chi connectivity index (χ3n) is 14.4. The van der Waals surface area contributed by atoms with Gasteiger partial charge in [-0.1, -0.05) is 0 Å². The first-order valence-corrected chi connectivity index (χ1v) is 24.3. The van der Waals surface area contributed by atoms with Crippen LogP contribution in [-0.2, 0) is 9.47 Å². The Morgan fingerprint density at radius 1 is 0.686 bits per heavy atom. The Kier molecular flexibility index (Phi) is 14.6. The second-order valence-corrected chi connectivity index (χ2v) is 18.8. The average molecular weight is 962 g/mol. The van der Waals surface area contributed by atoms with Gasteiger partial charge >= 0.3 is 0 Å². The number of anilines is 6. The highest BCUT2D eigenvalue weighted by atomic mass is 16.5. The molecule has 21 heteroatoms. The average Bonchev–Trinajstić information content (AvgIpc) is 4.24. The van der Waals surface area contributed by atoms with Crippen LogP contribution in [0.3, 0.4) is 0 Å². The van der Waals surface area contributed by atoms with Crippen LogP contribution in [0.2, 0.25) is 0 Å². The molecular weight excluding hydrogens is 899 g/mol. The van der Waals surface area contributed by atoms with Crippen molar-refractivity contribution in [3.8, 4) is 0 Å². The van der Waals surface area contributed by atoms with Gasteiger partial charge in [0.15, 0.2) is 17.1 Å². The molecule has 7 N–H and O–H groups in total. The van der Waals surface area contributed by atoms with Crippen LogP contribution in [-0.4, -0.2) is 119 Å². The van der Waals surface area contributed by atoms with E-state index in [-0.39, 0.29) is 53.1 Å². The molecule has 4 aliphatic carbocycles. The molecule has 1 amide bonds. The molecule has 4 fully saturated rings. The molecule has 0 saturated heterocycles. The number of methoxy groups -OCH3 is 2. The van der Waals surface area contributed by atoms with Crippen molar-refractivity contribution in [2.45, 2.75) is 126 Å². The number of ether oxygens (including phenoxy) is 2. The third kappa shape index (κ3) is 10.0. The van der Waals surface area contributed by atoms with Crippen LogP contribution in [0, 0.1) is 5.92 Å². The maximum Gasteiger partial charge on any atom is 0.274 e. The van der Waals surface area contributed by atoms with E-state index in [0.29, 0.717) is 82.2 Å².